The fourth-order valence-corrected chi connectivity index (χ4v) is 3.77. The van der Waals surface area contributed by atoms with Gasteiger partial charge in [0.2, 0.25) is 0 Å². The lowest BCUT2D eigenvalue weighted by Crippen LogP contribution is -2.24. The van der Waals surface area contributed by atoms with Gasteiger partial charge in [0, 0.05) is 11.6 Å². The number of pyridine rings is 1. The molecule has 1 aliphatic carbocycles. The number of benzene rings is 1. The maximum absolute atomic E-state index is 11.2. The molecule has 3 heteroatoms. The minimum atomic E-state index is -0.659. The largest absolute Gasteiger partial charge is 0.481 e. The van der Waals surface area contributed by atoms with Gasteiger partial charge in [0.05, 0.1) is 11.4 Å². The van der Waals surface area contributed by atoms with Gasteiger partial charge in [-0.25, -0.2) is 0 Å². The fourth-order valence-electron chi connectivity index (χ4n) is 3.77. The molecule has 3 nitrogen and oxygen atoms in total. The summed E-state index contributed by atoms with van der Waals surface area (Å²) in [6, 6.07) is 8.56. The van der Waals surface area contributed by atoms with E-state index < -0.39 is 5.97 Å². The van der Waals surface area contributed by atoms with Gasteiger partial charge >= 0.3 is 5.97 Å². The topological polar surface area (TPSA) is 50.2 Å². The number of carboxylic acids is 1. The molecule has 0 aliphatic heterocycles. The Hall–Kier alpha value is -1.90. The number of hydrogen-bond acceptors (Lipinski definition) is 2. The zero-order valence-electron chi connectivity index (χ0n) is 13.2. The SMILES string of the molecule is Cc1ccc2nccc([C@H]3CC[C@@H]([C@@H](C)C(=O)O)CC3)c2c1. The van der Waals surface area contributed by atoms with Crippen LogP contribution in [0.3, 0.4) is 0 Å². The maximum atomic E-state index is 11.2. The van der Waals surface area contributed by atoms with Crippen molar-refractivity contribution in [2.24, 2.45) is 11.8 Å². The molecule has 1 aliphatic rings. The first-order chi connectivity index (χ1) is 10.6. The first kappa shape index (κ1) is 15.0. The average molecular weight is 297 g/mol. The van der Waals surface area contributed by atoms with Crippen molar-refractivity contribution in [3.63, 3.8) is 0 Å². The molecule has 3 rings (SSSR count). The summed E-state index contributed by atoms with van der Waals surface area (Å²) in [6.45, 7) is 3.96. The second-order valence-electron chi connectivity index (χ2n) is 6.66. The quantitative estimate of drug-likeness (QED) is 0.905. The van der Waals surface area contributed by atoms with Crippen LogP contribution < -0.4 is 0 Å². The van der Waals surface area contributed by atoms with Crippen LogP contribution in [0.1, 0.15) is 49.7 Å². The lowest BCUT2D eigenvalue weighted by atomic mass is 9.74. The second-order valence-corrected chi connectivity index (χ2v) is 6.66. The molecule has 1 heterocycles. The summed E-state index contributed by atoms with van der Waals surface area (Å²) in [4.78, 5) is 15.6. The molecule has 0 amide bonds. The number of hydrogen-bond donors (Lipinski definition) is 1. The van der Waals surface area contributed by atoms with Gasteiger partial charge in [-0.3, -0.25) is 9.78 Å². The smallest absolute Gasteiger partial charge is 0.306 e. The predicted molar refractivity (Wildman–Crippen MR) is 88.0 cm³/mol. The maximum Gasteiger partial charge on any atom is 0.306 e. The van der Waals surface area contributed by atoms with E-state index in [1.54, 1.807) is 0 Å². The van der Waals surface area contributed by atoms with E-state index in [1.165, 1.54) is 16.5 Å². The Morgan fingerprint density at radius 1 is 1.23 bits per heavy atom. The Labute approximate surface area is 131 Å². The van der Waals surface area contributed by atoms with Crippen molar-refractivity contribution in [3.8, 4) is 0 Å². The first-order valence-corrected chi connectivity index (χ1v) is 8.14. The van der Waals surface area contributed by atoms with Gasteiger partial charge in [-0.15, -0.1) is 0 Å². The van der Waals surface area contributed by atoms with E-state index in [0.717, 1.165) is 31.2 Å². The molecular weight excluding hydrogens is 274 g/mol. The van der Waals surface area contributed by atoms with E-state index in [4.69, 9.17) is 0 Å². The monoisotopic (exact) mass is 297 g/mol. The van der Waals surface area contributed by atoms with Gasteiger partial charge < -0.3 is 5.11 Å². The van der Waals surface area contributed by atoms with Crippen molar-refractivity contribution in [2.75, 3.05) is 0 Å². The highest BCUT2D eigenvalue weighted by molar-refractivity contribution is 5.83. The molecule has 1 aromatic carbocycles. The Morgan fingerprint density at radius 3 is 2.64 bits per heavy atom. The van der Waals surface area contributed by atoms with Gasteiger partial charge in [-0.05, 0) is 68.2 Å². The van der Waals surface area contributed by atoms with Gasteiger partial charge in [0.25, 0.3) is 0 Å². The second kappa shape index (κ2) is 6.07. The highest BCUT2D eigenvalue weighted by Gasteiger charge is 2.29. The summed E-state index contributed by atoms with van der Waals surface area (Å²) >= 11 is 0. The van der Waals surface area contributed by atoms with Gasteiger partial charge in [0.15, 0.2) is 0 Å². The predicted octanol–water partition coefficient (Wildman–Crippen LogP) is 4.54. The number of rotatable bonds is 3. The molecule has 2 aromatic rings. The van der Waals surface area contributed by atoms with E-state index in [1.807, 2.05) is 13.1 Å². The molecule has 0 unspecified atom stereocenters. The lowest BCUT2D eigenvalue weighted by Gasteiger charge is -2.31. The molecule has 0 saturated heterocycles. The Balaban J connectivity index is 1.82. The van der Waals surface area contributed by atoms with Crippen molar-refractivity contribution >= 4 is 16.9 Å². The van der Waals surface area contributed by atoms with E-state index in [0.29, 0.717) is 11.8 Å². The summed E-state index contributed by atoms with van der Waals surface area (Å²) in [5.74, 6) is -0.0288. The van der Waals surface area contributed by atoms with Gasteiger partial charge in [-0.1, -0.05) is 18.6 Å². The minimum absolute atomic E-state index is 0.225. The van der Waals surface area contributed by atoms with Crippen molar-refractivity contribution in [2.45, 2.75) is 45.4 Å². The van der Waals surface area contributed by atoms with Crippen molar-refractivity contribution in [3.05, 3.63) is 41.6 Å². The fraction of sp³-hybridized carbons (Fsp3) is 0.474. The van der Waals surface area contributed by atoms with Crippen LogP contribution in [0.15, 0.2) is 30.5 Å². The summed E-state index contributed by atoms with van der Waals surface area (Å²) in [5, 5.41) is 10.4. The number of aliphatic carboxylic acids is 1. The molecule has 0 radical (unpaired) electrons. The minimum Gasteiger partial charge on any atom is -0.481 e. The Kier molecular flexibility index (Phi) is 4.14. The van der Waals surface area contributed by atoms with E-state index >= 15 is 0 Å². The molecule has 1 saturated carbocycles. The summed E-state index contributed by atoms with van der Waals surface area (Å²) in [7, 11) is 0. The molecule has 1 atom stereocenters. The summed E-state index contributed by atoms with van der Waals surface area (Å²) < 4.78 is 0. The van der Waals surface area contributed by atoms with E-state index in [2.05, 4.69) is 36.2 Å². The Bertz CT molecular complexity index is 687. The first-order valence-electron chi connectivity index (χ1n) is 8.14. The third-order valence-electron chi connectivity index (χ3n) is 5.24. The van der Waals surface area contributed by atoms with Crippen molar-refractivity contribution < 1.29 is 9.90 Å². The van der Waals surface area contributed by atoms with Crippen molar-refractivity contribution in [1.29, 1.82) is 0 Å². The zero-order valence-corrected chi connectivity index (χ0v) is 13.2. The number of carboxylic acid groups (broad SMARTS) is 1. The number of aromatic nitrogens is 1. The van der Waals surface area contributed by atoms with Crippen LogP contribution in [-0.2, 0) is 4.79 Å². The molecular formula is C19H23NO2. The number of nitrogens with zero attached hydrogens (tertiary/aromatic N) is 1. The summed E-state index contributed by atoms with van der Waals surface area (Å²) in [5.41, 5.74) is 3.70. The molecule has 116 valence electrons. The van der Waals surface area contributed by atoms with Crippen LogP contribution in [0.2, 0.25) is 0 Å². The van der Waals surface area contributed by atoms with Gasteiger partial charge in [-0.2, -0.15) is 0 Å². The van der Waals surface area contributed by atoms with Crippen LogP contribution in [0.25, 0.3) is 10.9 Å². The third-order valence-corrected chi connectivity index (χ3v) is 5.24. The molecule has 1 fully saturated rings. The van der Waals surface area contributed by atoms with E-state index in [9.17, 15) is 9.90 Å². The van der Waals surface area contributed by atoms with Crippen LogP contribution in [-0.4, -0.2) is 16.1 Å². The zero-order chi connectivity index (χ0) is 15.7. The molecule has 1 N–H and O–H groups in total. The number of carbonyl (C=O) groups is 1. The highest BCUT2D eigenvalue weighted by atomic mass is 16.4. The lowest BCUT2D eigenvalue weighted by molar-refractivity contribution is -0.143. The molecule has 22 heavy (non-hydrogen) atoms. The Morgan fingerprint density at radius 2 is 1.95 bits per heavy atom. The van der Waals surface area contributed by atoms with E-state index in [-0.39, 0.29) is 5.92 Å². The summed E-state index contributed by atoms with van der Waals surface area (Å²) in [6.07, 6.45) is 6.07. The van der Waals surface area contributed by atoms with Crippen LogP contribution in [0.5, 0.6) is 0 Å². The van der Waals surface area contributed by atoms with Crippen LogP contribution in [0, 0.1) is 18.8 Å². The highest BCUT2D eigenvalue weighted by Crippen LogP contribution is 2.40. The third kappa shape index (κ3) is 2.85. The van der Waals surface area contributed by atoms with Crippen LogP contribution >= 0.6 is 0 Å². The number of aryl methyl sites for hydroxylation is 1. The molecule has 1 aromatic heterocycles. The number of fused-ring (bicyclic) bond motifs is 1. The van der Waals surface area contributed by atoms with Gasteiger partial charge in [0.1, 0.15) is 0 Å². The molecule has 0 spiro atoms. The standard InChI is InChI=1S/C19H23NO2/c1-12-3-8-18-17(11-12)16(9-10-20-18)15-6-4-14(5-7-15)13(2)19(21)22/h3,8-11,13-15H,4-7H2,1-2H3,(H,21,22)/t13-,14-,15+/m1/s1. The average Bonchev–Trinajstić information content (AvgIpc) is 2.53. The molecule has 0 bridgehead atoms. The van der Waals surface area contributed by atoms with Crippen LogP contribution in [0.4, 0.5) is 0 Å². The van der Waals surface area contributed by atoms with Crippen molar-refractivity contribution in [1.82, 2.24) is 4.98 Å². The normalized spacial score (nSPS) is 23.4.